The molecule has 1 amide bonds. The van der Waals surface area contributed by atoms with Crippen LogP contribution in [0.15, 0.2) is 0 Å². The van der Waals surface area contributed by atoms with Gasteiger partial charge < -0.3 is 19.8 Å². The zero-order chi connectivity index (χ0) is 63.4. The molecule has 0 radical (unpaired) electrons. The number of quaternary nitrogens is 1. The van der Waals surface area contributed by atoms with E-state index in [2.05, 4.69) is 19.2 Å². The summed E-state index contributed by atoms with van der Waals surface area (Å²) in [5.74, 6) is -0.131. The van der Waals surface area contributed by atoms with E-state index in [4.69, 9.17) is 9.05 Å². The van der Waals surface area contributed by atoms with Gasteiger partial charge >= 0.3 is 7.82 Å². The lowest BCUT2D eigenvalue weighted by Gasteiger charge is -2.26. The van der Waals surface area contributed by atoms with Crippen LogP contribution in [0.4, 0.5) is 0 Å². The Morgan fingerprint density at radius 2 is 0.552 bits per heavy atom. The number of hydrogen-bond donors (Lipinski definition) is 3. The Morgan fingerprint density at radius 3 is 0.770 bits per heavy atom. The Kier molecular flexibility index (Phi) is 69.4. The minimum atomic E-state index is -4.33. The van der Waals surface area contributed by atoms with E-state index in [0.717, 1.165) is 38.5 Å². The van der Waals surface area contributed by atoms with Crippen molar-refractivity contribution in [1.82, 2.24) is 5.32 Å². The number of phosphoric ester groups is 1. The topological polar surface area (TPSA) is 105 Å². The third-order valence-electron chi connectivity index (χ3n) is 19.1. The van der Waals surface area contributed by atoms with Gasteiger partial charge in [-0.2, -0.15) is 0 Å². The largest absolute Gasteiger partial charge is 0.472 e. The van der Waals surface area contributed by atoms with Crippen LogP contribution in [-0.2, 0) is 18.4 Å². The molecule has 0 aromatic heterocycles. The number of nitrogens with one attached hydrogen (secondary N) is 1. The molecule has 0 saturated carbocycles. The second kappa shape index (κ2) is 69.8. The summed E-state index contributed by atoms with van der Waals surface area (Å²) in [6.07, 6.45) is 89.7. The standard InChI is InChI=1S/C78H159N2O6P/c1-6-8-10-12-14-16-18-20-22-24-26-28-30-32-34-36-38-40-42-44-46-48-50-52-54-56-58-60-62-64-66-68-70-72-78(82)79-76(75-86-87(83,84)85-74-73-80(3,4)5)77(81)71-69-67-65-63-61-59-57-55-53-51-49-47-45-43-41-39-37-35-33-31-29-27-25-23-21-19-17-15-13-11-9-7-2/h76-77,81H,6-75H2,1-5H3,(H-,79,82,83,84)/p+1. The number of amides is 1. The average Bonchev–Trinajstić information content (AvgIpc) is 3.71. The number of hydrogen-bond acceptors (Lipinski definition) is 5. The van der Waals surface area contributed by atoms with Gasteiger partial charge in [-0.05, 0) is 12.8 Å². The highest BCUT2D eigenvalue weighted by molar-refractivity contribution is 7.47. The molecule has 87 heavy (non-hydrogen) atoms. The normalized spacial score (nSPS) is 13.4. The molecule has 0 heterocycles. The molecule has 0 saturated heterocycles. The van der Waals surface area contributed by atoms with Gasteiger partial charge in [0.2, 0.25) is 5.91 Å². The van der Waals surface area contributed by atoms with Crippen LogP contribution < -0.4 is 5.32 Å². The van der Waals surface area contributed by atoms with Crippen LogP contribution in [0.25, 0.3) is 0 Å². The molecule has 8 nitrogen and oxygen atoms in total. The fraction of sp³-hybridized carbons (Fsp3) is 0.987. The molecule has 0 rings (SSSR count). The minimum absolute atomic E-state index is 0.0796. The summed E-state index contributed by atoms with van der Waals surface area (Å²) in [6, 6.07) is -0.758. The molecule has 3 atom stereocenters. The van der Waals surface area contributed by atoms with Gasteiger partial charge in [0.05, 0.1) is 39.9 Å². The van der Waals surface area contributed by atoms with E-state index < -0.39 is 20.0 Å². The SMILES string of the molecule is CCCCCCCCCCCCCCCCCCCCCCCCCCCCCCCCCCCC(=O)NC(COP(=O)(O)OCC[N+](C)(C)C)C(O)CCCCCCCCCCCCCCCCCCCCCCCCCCCCCCCCCC. The van der Waals surface area contributed by atoms with Gasteiger partial charge in [0.1, 0.15) is 13.2 Å². The first kappa shape index (κ1) is 86.5. The van der Waals surface area contributed by atoms with E-state index >= 15 is 0 Å². The summed E-state index contributed by atoms with van der Waals surface area (Å²) in [6.45, 7) is 4.98. The average molecular weight is 1250 g/mol. The molecule has 0 aliphatic heterocycles. The van der Waals surface area contributed by atoms with Gasteiger partial charge in [-0.3, -0.25) is 13.8 Å². The Hall–Kier alpha value is -0.500. The third-order valence-corrected chi connectivity index (χ3v) is 20.1. The van der Waals surface area contributed by atoms with E-state index in [-0.39, 0.29) is 19.1 Å². The molecular weight excluding hydrogens is 1090 g/mol. The number of aliphatic hydroxyl groups excluding tert-OH is 1. The Morgan fingerprint density at radius 1 is 0.345 bits per heavy atom. The van der Waals surface area contributed by atoms with Crippen molar-refractivity contribution in [2.24, 2.45) is 0 Å². The number of likely N-dealkylation sites (N-methyl/N-ethyl adjacent to an activating group) is 1. The fourth-order valence-corrected chi connectivity index (χ4v) is 13.7. The molecule has 0 aliphatic rings. The van der Waals surface area contributed by atoms with Crippen molar-refractivity contribution >= 4 is 13.7 Å². The maximum atomic E-state index is 13.1. The highest BCUT2D eigenvalue weighted by Crippen LogP contribution is 2.43. The number of phosphoric acid groups is 1. The first-order chi connectivity index (χ1) is 42.5. The monoisotopic (exact) mass is 1250 g/mol. The smallest absolute Gasteiger partial charge is 0.391 e. The first-order valence-corrected chi connectivity index (χ1v) is 41.4. The molecule has 0 aliphatic carbocycles. The van der Waals surface area contributed by atoms with Gasteiger partial charge in [0.25, 0.3) is 0 Å². The molecule has 0 aromatic carbocycles. The maximum absolute atomic E-state index is 13.1. The van der Waals surface area contributed by atoms with Crippen molar-refractivity contribution in [3.63, 3.8) is 0 Å². The second-order valence-corrected chi connectivity index (χ2v) is 30.6. The van der Waals surface area contributed by atoms with E-state index in [1.165, 1.54) is 379 Å². The van der Waals surface area contributed by atoms with Crippen LogP contribution in [-0.4, -0.2) is 73.4 Å². The molecule has 0 fully saturated rings. The molecule has 0 aromatic rings. The van der Waals surface area contributed by atoms with Crippen LogP contribution in [0.3, 0.4) is 0 Å². The zero-order valence-electron chi connectivity index (χ0n) is 60.1. The van der Waals surface area contributed by atoms with Crippen LogP contribution >= 0.6 is 7.82 Å². The zero-order valence-corrected chi connectivity index (χ0v) is 61.0. The molecule has 3 N–H and O–H groups in total. The highest BCUT2D eigenvalue weighted by Gasteiger charge is 2.28. The van der Waals surface area contributed by atoms with Gasteiger partial charge in [0.15, 0.2) is 0 Å². The molecule has 3 unspecified atom stereocenters. The van der Waals surface area contributed by atoms with Crippen molar-refractivity contribution in [3.05, 3.63) is 0 Å². The second-order valence-electron chi connectivity index (χ2n) is 29.2. The number of carbonyl (C=O) groups is 1. The lowest BCUT2D eigenvalue weighted by atomic mass is 10.0. The van der Waals surface area contributed by atoms with Gasteiger partial charge in [0, 0.05) is 6.42 Å². The number of rotatable bonds is 76. The molecule has 9 heteroatoms. The van der Waals surface area contributed by atoms with Crippen LogP contribution in [0.2, 0.25) is 0 Å². The Labute approximate surface area is 546 Å². The van der Waals surface area contributed by atoms with Crippen molar-refractivity contribution in [1.29, 1.82) is 0 Å². The lowest BCUT2D eigenvalue weighted by molar-refractivity contribution is -0.870. The van der Waals surface area contributed by atoms with Crippen LogP contribution in [0, 0.1) is 0 Å². The fourth-order valence-electron chi connectivity index (χ4n) is 12.9. The van der Waals surface area contributed by atoms with Crippen LogP contribution in [0.5, 0.6) is 0 Å². The summed E-state index contributed by atoms with van der Waals surface area (Å²) in [4.78, 5) is 23.5. The summed E-state index contributed by atoms with van der Waals surface area (Å²) >= 11 is 0. The number of aliphatic hydroxyl groups is 1. The predicted molar refractivity (Wildman–Crippen MR) is 383 cm³/mol. The Bertz CT molecular complexity index is 1380. The number of carbonyl (C=O) groups excluding carboxylic acids is 1. The summed E-state index contributed by atoms with van der Waals surface area (Å²) < 4.78 is 24.0. The summed E-state index contributed by atoms with van der Waals surface area (Å²) in [5.41, 5.74) is 0. The summed E-state index contributed by atoms with van der Waals surface area (Å²) in [7, 11) is 1.65. The van der Waals surface area contributed by atoms with E-state index in [1.807, 2.05) is 21.1 Å². The van der Waals surface area contributed by atoms with Crippen molar-refractivity contribution in [2.75, 3.05) is 40.9 Å². The summed E-state index contributed by atoms with van der Waals surface area (Å²) in [5, 5.41) is 14.2. The lowest BCUT2D eigenvalue weighted by Crippen LogP contribution is -2.46. The van der Waals surface area contributed by atoms with Crippen molar-refractivity contribution < 1.29 is 32.9 Å². The van der Waals surface area contributed by atoms with Gasteiger partial charge in [-0.1, -0.05) is 425 Å². The quantitative estimate of drug-likeness (QED) is 0.0318. The molecule has 0 bridgehead atoms. The molecular formula is C78H160N2O6P+. The van der Waals surface area contributed by atoms with E-state index in [9.17, 15) is 19.4 Å². The number of nitrogens with zero attached hydrogens (tertiary/aromatic N) is 1. The van der Waals surface area contributed by atoms with Crippen LogP contribution in [0.1, 0.15) is 444 Å². The van der Waals surface area contributed by atoms with Crippen molar-refractivity contribution in [3.8, 4) is 0 Å². The van der Waals surface area contributed by atoms with Gasteiger partial charge in [-0.15, -0.1) is 0 Å². The molecule has 522 valence electrons. The van der Waals surface area contributed by atoms with Gasteiger partial charge in [-0.25, -0.2) is 4.57 Å². The number of unbranched alkanes of at least 4 members (excludes halogenated alkanes) is 63. The Balaban J connectivity index is 3.90. The van der Waals surface area contributed by atoms with E-state index in [0.29, 0.717) is 23.9 Å². The minimum Gasteiger partial charge on any atom is -0.391 e. The maximum Gasteiger partial charge on any atom is 0.472 e. The predicted octanol–water partition coefficient (Wildman–Crippen LogP) is 25.8. The van der Waals surface area contributed by atoms with E-state index in [1.54, 1.807) is 0 Å². The molecule has 0 spiro atoms. The highest BCUT2D eigenvalue weighted by atomic mass is 31.2. The third kappa shape index (κ3) is 72.8. The van der Waals surface area contributed by atoms with Crippen molar-refractivity contribution in [2.45, 2.75) is 456 Å². The first-order valence-electron chi connectivity index (χ1n) is 39.9.